The zero-order valence-corrected chi connectivity index (χ0v) is 15.1. The summed E-state index contributed by atoms with van der Waals surface area (Å²) in [4.78, 5) is 18.7. The van der Waals surface area contributed by atoms with Crippen molar-refractivity contribution in [3.8, 4) is 11.3 Å². The first-order valence-corrected chi connectivity index (χ1v) is 9.10. The van der Waals surface area contributed by atoms with E-state index in [1.807, 2.05) is 24.1 Å². The van der Waals surface area contributed by atoms with Crippen LogP contribution >= 0.6 is 0 Å². The van der Waals surface area contributed by atoms with Crippen LogP contribution in [0.25, 0.3) is 11.3 Å². The third-order valence-corrected chi connectivity index (χ3v) is 4.90. The van der Waals surface area contributed by atoms with E-state index >= 15 is 0 Å². The van der Waals surface area contributed by atoms with Crippen LogP contribution in [0.4, 0.5) is 0 Å². The predicted octanol–water partition coefficient (Wildman–Crippen LogP) is 3.04. The van der Waals surface area contributed by atoms with Crippen molar-refractivity contribution in [3.63, 3.8) is 0 Å². The van der Waals surface area contributed by atoms with Crippen molar-refractivity contribution < 1.29 is 9.21 Å². The third-order valence-electron chi connectivity index (χ3n) is 4.90. The molecule has 0 atom stereocenters. The summed E-state index contributed by atoms with van der Waals surface area (Å²) in [7, 11) is 1.98. The van der Waals surface area contributed by atoms with Crippen molar-refractivity contribution in [3.05, 3.63) is 41.9 Å². The minimum Gasteiger partial charge on any atom is -0.441 e. The first-order chi connectivity index (χ1) is 12.2. The summed E-state index contributed by atoms with van der Waals surface area (Å²) in [6, 6.07) is 8.16. The summed E-state index contributed by atoms with van der Waals surface area (Å²) in [6.45, 7) is 4.83. The third kappa shape index (κ3) is 4.69. The Morgan fingerprint density at radius 3 is 2.68 bits per heavy atom. The number of benzene rings is 1. The lowest BCUT2D eigenvalue weighted by molar-refractivity contribution is -0.132. The Kier molecular flexibility index (Phi) is 5.87. The smallest absolute Gasteiger partial charge is 0.223 e. The average Bonchev–Trinajstić information content (AvgIpc) is 3.10. The number of hydrogen-bond acceptors (Lipinski definition) is 4. The molecule has 3 rings (SSSR count). The lowest BCUT2D eigenvalue weighted by Crippen LogP contribution is -2.40. The van der Waals surface area contributed by atoms with Gasteiger partial charge < -0.3 is 14.6 Å². The van der Waals surface area contributed by atoms with Gasteiger partial charge in [-0.3, -0.25) is 4.79 Å². The molecule has 0 radical (unpaired) electrons. The Hall–Kier alpha value is -2.14. The summed E-state index contributed by atoms with van der Waals surface area (Å²) >= 11 is 0. The molecule has 1 saturated heterocycles. The van der Waals surface area contributed by atoms with Crippen molar-refractivity contribution in [2.45, 2.75) is 32.6 Å². The maximum Gasteiger partial charge on any atom is 0.223 e. The number of rotatable bonds is 6. The first-order valence-electron chi connectivity index (χ1n) is 9.10. The van der Waals surface area contributed by atoms with E-state index < -0.39 is 0 Å². The van der Waals surface area contributed by atoms with E-state index in [4.69, 9.17) is 4.42 Å². The Morgan fingerprint density at radius 2 is 2.00 bits per heavy atom. The maximum atomic E-state index is 12.4. The standard InChI is InChI=1S/C20H27N3O2/c1-15-3-5-17(6-4-15)18-14-22-19(25-18)7-8-20(24)23-11-9-16(10-12-23)13-21-2/h3-6,14,16,21H,7-13H2,1-2H3. The second-order valence-electron chi connectivity index (χ2n) is 6.87. The molecule has 0 spiro atoms. The summed E-state index contributed by atoms with van der Waals surface area (Å²) in [6.07, 6.45) is 4.94. The van der Waals surface area contributed by atoms with E-state index in [1.165, 1.54) is 5.56 Å². The van der Waals surface area contributed by atoms with E-state index in [0.29, 0.717) is 24.7 Å². The van der Waals surface area contributed by atoms with Gasteiger partial charge in [-0.1, -0.05) is 29.8 Å². The van der Waals surface area contributed by atoms with Crippen LogP contribution in [0.3, 0.4) is 0 Å². The van der Waals surface area contributed by atoms with Gasteiger partial charge in [-0.15, -0.1) is 0 Å². The number of aromatic nitrogens is 1. The number of carbonyl (C=O) groups excluding carboxylic acids is 1. The summed E-state index contributed by atoms with van der Waals surface area (Å²) in [5, 5.41) is 3.22. The number of piperidine rings is 1. The number of carbonyl (C=O) groups is 1. The molecule has 0 aliphatic carbocycles. The molecule has 2 heterocycles. The summed E-state index contributed by atoms with van der Waals surface area (Å²) in [5.74, 6) is 2.29. The van der Waals surface area contributed by atoms with Gasteiger partial charge in [0.15, 0.2) is 11.7 Å². The molecular weight excluding hydrogens is 314 g/mol. The van der Waals surface area contributed by atoms with Crippen LogP contribution in [0.5, 0.6) is 0 Å². The zero-order valence-electron chi connectivity index (χ0n) is 15.1. The molecule has 25 heavy (non-hydrogen) atoms. The van der Waals surface area contributed by atoms with Crippen LogP contribution in [-0.4, -0.2) is 42.5 Å². The molecule has 0 bridgehead atoms. The van der Waals surface area contributed by atoms with Gasteiger partial charge in [-0.2, -0.15) is 0 Å². The van der Waals surface area contributed by atoms with Gasteiger partial charge in [0.05, 0.1) is 6.20 Å². The molecule has 1 aliphatic heterocycles. The van der Waals surface area contributed by atoms with E-state index in [0.717, 1.165) is 43.8 Å². The van der Waals surface area contributed by atoms with Gasteiger partial charge in [-0.25, -0.2) is 4.98 Å². The van der Waals surface area contributed by atoms with Crippen LogP contribution < -0.4 is 5.32 Å². The second kappa shape index (κ2) is 8.30. The highest BCUT2D eigenvalue weighted by atomic mass is 16.4. The highest BCUT2D eigenvalue weighted by Gasteiger charge is 2.22. The molecule has 2 aromatic rings. The molecule has 134 valence electrons. The fourth-order valence-electron chi connectivity index (χ4n) is 3.32. The zero-order chi connectivity index (χ0) is 17.6. The predicted molar refractivity (Wildman–Crippen MR) is 98.2 cm³/mol. The minimum atomic E-state index is 0.206. The number of hydrogen-bond donors (Lipinski definition) is 1. The Balaban J connectivity index is 1.49. The van der Waals surface area contributed by atoms with Gasteiger partial charge in [-0.05, 0) is 39.3 Å². The molecule has 1 fully saturated rings. The minimum absolute atomic E-state index is 0.206. The van der Waals surface area contributed by atoms with E-state index in [-0.39, 0.29) is 5.91 Å². The fourth-order valence-corrected chi connectivity index (χ4v) is 3.32. The highest BCUT2D eigenvalue weighted by molar-refractivity contribution is 5.76. The van der Waals surface area contributed by atoms with Crippen molar-refractivity contribution in [1.29, 1.82) is 0 Å². The molecule has 1 aromatic heterocycles. The van der Waals surface area contributed by atoms with Crippen molar-refractivity contribution in [2.24, 2.45) is 5.92 Å². The van der Waals surface area contributed by atoms with E-state index in [1.54, 1.807) is 6.20 Å². The van der Waals surface area contributed by atoms with Gasteiger partial charge >= 0.3 is 0 Å². The lowest BCUT2D eigenvalue weighted by atomic mass is 9.96. The Labute approximate surface area is 149 Å². The Morgan fingerprint density at radius 1 is 1.28 bits per heavy atom. The van der Waals surface area contributed by atoms with Crippen molar-refractivity contribution in [2.75, 3.05) is 26.7 Å². The number of nitrogens with one attached hydrogen (secondary N) is 1. The van der Waals surface area contributed by atoms with E-state index in [2.05, 4.69) is 29.4 Å². The van der Waals surface area contributed by atoms with Gasteiger partial charge in [0.1, 0.15) is 0 Å². The number of likely N-dealkylation sites (tertiary alicyclic amines) is 1. The number of oxazole rings is 1. The SMILES string of the molecule is CNCC1CCN(C(=O)CCc2ncc(-c3ccc(C)cc3)o2)CC1. The maximum absolute atomic E-state index is 12.4. The number of aryl methyl sites for hydroxylation is 2. The highest BCUT2D eigenvalue weighted by Crippen LogP contribution is 2.22. The van der Waals surface area contributed by atoms with Crippen LogP contribution in [0.1, 0.15) is 30.7 Å². The molecule has 0 unspecified atom stereocenters. The molecule has 1 N–H and O–H groups in total. The number of amides is 1. The molecule has 5 nitrogen and oxygen atoms in total. The monoisotopic (exact) mass is 341 g/mol. The van der Waals surface area contributed by atoms with Crippen LogP contribution in [0.2, 0.25) is 0 Å². The van der Waals surface area contributed by atoms with Crippen LogP contribution in [-0.2, 0) is 11.2 Å². The van der Waals surface area contributed by atoms with Gasteiger partial charge in [0.2, 0.25) is 5.91 Å². The molecule has 1 aromatic carbocycles. The van der Waals surface area contributed by atoms with E-state index in [9.17, 15) is 4.79 Å². The van der Waals surface area contributed by atoms with Gasteiger partial charge in [0.25, 0.3) is 0 Å². The second-order valence-corrected chi connectivity index (χ2v) is 6.87. The molecular formula is C20H27N3O2. The molecule has 1 aliphatic rings. The largest absolute Gasteiger partial charge is 0.441 e. The van der Waals surface area contributed by atoms with Crippen molar-refractivity contribution >= 4 is 5.91 Å². The van der Waals surface area contributed by atoms with Crippen LogP contribution in [0.15, 0.2) is 34.9 Å². The normalized spacial score (nSPS) is 15.5. The number of nitrogens with zero attached hydrogens (tertiary/aromatic N) is 2. The molecule has 0 saturated carbocycles. The summed E-state index contributed by atoms with van der Waals surface area (Å²) in [5.41, 5.74) is 2.23. The van der Waals surface area contributed by atoms with Crippen LogP contribution in [0, 0.1) is 12.8 Å². The average molecular weight is 341 g/mol. The fraction of sp³-hybridized carbons (Fsp3) is 0.500. The molecule has 1 amide bonds. The Bertz CT molecular complexity index is 685. The lowest BCUT2D eigenvalue weighted by Gasteiger charge is -2.32. The first kappa shape index (κ1) is 17.7. The molecule has 5 heteroatoms. The van der Waals surface area contributed by atoms with Crippen molar-refractivity contribution in [1.82, 2.24) is 15.2 Å². The topological polar surface area (TPSA) is 58.4 Å². The quantitative estimate of drug-likeness (QED) is 0.877. The summed E-state index contributed by atoms with van der Waals surface area (Å²) < 4.78 is 5.81. The van der Waals surface area contributed by atoms with Gasteiger partial charge in [0, 0.05) is 31.5 Å².